The maximum absolute atomic E-state index is 11.7. The van der Waals surface area contributed by atoms with Crippen molar-refractivity contribution in [1.82, 2.24) is 0 Å². The van der Waals surface area contributed by atoms with Gasteiger partial charge in [0.1, 0.15) is 0 Å². The molecule has 1 aromatic heterocycles. The highest BCUT2D eigenvalue weighted by Gasteiger charge is 2.17. The first-order chi connectivity index (χ1) is 8.16. The highest BCUT2D eigenvalue weighted by atomic mass is 35.5. The Labute approximate surface area is 107 Å². The average molecular weight is 266 g/mol. The highest BCUT2D eigenvalue weighted by Crippen LogP contribution is 2.22. The summed E-state index contributed by atoms with van der Waals surface area (Å²) in [5, 5.41) is 2.52. The minimum Gasteiger partial charge on any atom is -0.319 e. The zero-order valence-corrected chi connectivity index (χ0v) is 10.2. The predicted octanol–water partition coefficient (Wildman–Crippen LogP) is 3.22. The number of para-hydroxylation sites is 1. The fourth-order valence-electron chi connectivity index (χ4n) is 1.26. The van der Waals surface area contributed by atoms with Crippen molar-refractivity contribution in [3.63, 3.8) is 0 Å². The highest BCUT2D eigenvalue weighted by molar-refractivity contribution is 7.18. The molecule has 0 radical (unpaired) electrons. The van der Waals surface area contributed by atoms with Gasteiger partial charge in [0.2, 0.25) is 0 Å². The van der Waals surface area contributed by atoms with Crippen molar-refractivity contribution in [3.8, 4) is 0 Å². The second-order valence-electron chi connectivity index (χ2n) is 3.25. The van der Waals surface area contributed by atoms with Crippen LogP contribution in [0, 0.1) is 0 Å². The topological polar surface area (TPSA) is 46.2 Å². The lowest BCUT2D eigenvalue weighted by Gasteiger charge is -2.02. The Morgan fingerprint density at radius 2 is 1.76 bits per heavy atom. The summed E-state index contributed by atoms with van der Waals surface area (Å²) in [6.45, 7) is 0. The molecule has 86 valence electrons. The van der Waals surface area contributed by atoms with Crippen LogP contribution < -0.4 is 5.32 Å². The number of thiophene rings is 1. The first-order valence-corrected chi connectivity index (χ1v) is 6.02. The van der Waals surface area contributed by atoms with Crippen LogP contribution in [0.3, 0.4) is 0 Å². The number of halogens is 1. The van der Waals surface area contributed by atoms with E-state index in [4.69, 9.17) is 11.6 Å². The molecule has 0 fully saturated rings. The van der Waals surface area contributed by atoms with Crippen LogP contribution in [0.4, 0.5) is 5.69 Å². The van der Waals surface area contributed by atoms with Gasteiger partial charge in [-0.2, -0.15) is 0 Å². The average Bonchev–Trinajstić information content (AvgIpc) is 2.76. The molecule has 2 aromatic rings. The third kappa shape index (κ3) is 2.93. The molecule has 17 heavy (non-hydrogen) atoms. The molecule has 0 aliphatic carbocycles. The van der Waals surface area contributed by atoms with Gasteiger partial charge in [-0.15, -0.1) is 11.3 Å². The third-order valence-electron chi connectivity index (χ3n) is 2.03. The number of benzene rings is 1. The minimum atomic E-state index is -0.658. The number of hydrogen-bond donors (Lipinski definition) is 1. The van der Waals surface area contributed by atoms with Crippen molar-refractivity contribution in [2.45, 2.75) is 0 Å². The van der Waals surface area contributed by atoms with Gasteiger partial charge in [-0.1, -0.05) is 29.8 Å². The fourth-order valence-corrected chi connectivity index (χ4v) is 2.24. The van der Waals surface area contributed by atoms with Crippen LogP contribution in [0.25, 0.3) is 0 Å². The van der Waals surface area contributed by atoms with Crippen LogP contribution in [0.5, 0.6) is 0 Å². The number of anilines is 1. The molecule has 0 saturated carbocycles. The molecule has 0 aliphatic rings. The Hall–Kier alpha value is -1.65. The SMILES string of the molecule is O=C(Nc1ccccc1)C(=O)c1ccc(Cl)s1. The molecule has 5 heteroatoms. The number of Topliss-reactive ketones (excluding diaryl/α,β-unsaturated/α-hetero) is 1. The Morgan fingerprint density at radius 3 is 2.35 bits per heavy atom. The summed E-state index contributed by atoms with van der Waals surface area (Å²) in [6, 6.07) is 12.0. The van der Waals surface area contributed by atoms with E-state index >= 15 is 0 Å². The van der Waals surface area contributed by atoms with E-state index in [1.54, 1.807) is 36.4 Å². The lowest BCUT2D eigenvalue weighted by Crippen LogP contribution is -2.21. The van der Waals surface area contributed by atoms with Gasteiger partial charge in [-0.3, -0.25) is 9.59 Å². The van der Waals surface area contributed by atoms with Gasteiger partial charge in [0.05, 0.1) is 9.21 Å². The molecule has 0 atom stereocenters. The van der Waals surface area contributed by atoms with Crippen LogP contribution in [0.1, 0.15) is 9.67 Å². The Balaban J connectivity index is 2.09. The maximum Gasteiger partial charge on any atom is 0.297 e. The zero-order valence-electron chi connectivity index (χ0n) is 8.64. The number of rotatable bonds is 3. The second kappa shape index (κ2) is 5.12. The third-order valence-corrected chi connectivity index (χ3v) is 3.26. The summed E-state index contributed by atoms with van der Waals surface area (Å²) in [6.07, 6.45) is 0. The Kier molecular flexibility index (Phi) is 3.56. The summed E-state index contributed by atoms with van der Waals surface area (Å²) < 4.78 is 0.487. The van der Waals surface area contributed by atoms with Crippen molar-refractivity contribution in [2.24, 2.45) is 0 Å². The number of hydrogen-bond acceptors (Lipinski definition) is 3. The van der Waals surface area contributed by atoms with Crippen molar-refractivity contribution >= 4 is 40.3 Å². The summed E-state index contributed by atoms with van der Waals surface area (Å²) in [7, 11) is 0. The number of nitrogens with one attached hydrogen (secondary N) is 1. The number of carbonyl (C=O) groups is 2. The van der Waals surface area contributed by atoms with Crippen molar-refractivity contribution in [1.29, 1.82) is 0 Å². The predicted molar refractivity (Wildman–Crippen MR) is 68.7 cm³/mol. The van der Waals surface area contributed by atoms with E-state index < -0.39 is 11.7 Å². The monoisotopic (exact) mass is 265 g/mol. The van der Waals surface area contributed by atoms with Crippen molar-refractivity contribution < 1.29 is 9.59 Å². The second-order valence-corrected chi connectivity index (χ2v) is 4.97. The molecule has 0 aliphatic heterocycles. The smallest absolute Gasteiger partial charge is 0.297 e. The molecule has 2 rings (SSSR count). The molecule has 0 bridgehead atoms. The van der Waals surface area contributed by atoms with Crippen molar-refractivity contribution in [2.75, 3.05) is 5.32 Å². The quantitative estimate of drug-likeness (QED) is 0.684. The molecule has 1 amide bonds. The van der Waals surface area contributed by atoms with E-state index in [1.807, 2.05) is 6.07 Å². The summed E-state index contributed by atoms with van der Waals surface area (Å²) >= 11 is 6.79. The summed E-state index contributed by atoms with van der Waals surface area (Å²) in [5.41, 5.74) is 0.591. The molecule has 1 heterocycles. The van der Waals surface area contributed by atoms with E-state index in [2.05, 4.69) is 5.32 Å². The fraction of sp³-hybridized carbons (Fsp3) is 0. The van der Waals surface area contributed by atoms with Crippen LogP contribution in [-0.4, -0.2) is 11.7 Å². The largest absolute Gasteiger partial charge is 0.319 e. The lowest BCUT2D eigenvalue weighted by molar-refractivity contribution is -0.112. The van der Waals surface area contributed by atoms with E-state index in [1.165, 1.54) is 0 Å². The van der Waals surface area contributed by atoms with Crippen LogP contribution in [-0.2, 0) is 4.79 Å². The molecular formula is C12H8ClNO2S. The van der Waals surface area contributed by atoms with Crippen LogP contribution in [0.15, 0.2) is 42.5 Å². The number of carbonyl (C=O) groups excluding carboxylic acids is 2. The van der Waals surface area contributed by atoms with Gasteiger partial charge >= 0.3 is 0 Å². The Morgan fingerprint density at radius 1 is 1.06 bits per heavy atom. The van der Waals surface area contributed by atoms with Crippen molar-refractivity contribution in [3.05, 3.63) is 51.7 Å². The summed E-state index contributed by atoms with van der Waals surface area (Å²) in [4.78, 5) is 23.7. The Bertz CT molecular complexity index is 551. The van der Waals surface area contributed by atoms with Crippen LogP contribution in [0.2, 0.25) is 4.34 Å². The molecule has 0 unspecified atom stereocenters. The number of ketones is 1. The summed E-state index contributed by atoms with van der Waals surface area (Å²) in [5.74, 6) is -1.24. The first-order valence-electron chi connectivity index (χ1n) is 4.83. The molecular weight excluding hydrogens is 258 g/mol. The number of amides is 1. The van der Waals surface area contributed by atoms with E-state index in [9.17, 15) is 9.59 Å². The van der Waals surface area contributed by atoms with Gasteiger partial charge in [-0.05, 0) is 24.3 Å². The molecule has 0 spiro atoms. The van der Waals surface area contributed by atoms with E-state index in [0.717, 1.165) is 11.3 Å². The van der Waals surface area contributed by atoms with Gasteiger partial charge < -0.3 is 5.32 Å². The molecule has 1 N–H and O–H groups in total. The first kappa shape index (κ1) is 11.8. The van der Waals surface area contributed by atoms with Gasteiger partial charge in [0, 0.05) is 5.69 Å². The van der Waals surface area contributed by atoms with E-state index in [-0.39, 0.29) is 0 Å². The minimum absolute atomic E-state index is 0.337. The normalized spacial score (nSPS) is 9.94. The molecule has 3 nitrogen and oxygen atoms in total. The molecule has 1 aromatic carbocycles. The van der Waals surface area contributed by atoms with Crippen LogP contribution >= 0.6 is 22.9 Å². The van der Waals surface area contributed by atoms with Gasteiger partial charge in [0.15, 0.2) is 0 Å². The standard InChI is InChI=1S/C12H8ClNO2S/c13-10-7-6-9(17-10)11(15)12(16)14-8-4-2-1-3-5-8/h1-7H,(H,14,16). The van der Waals surface area contributed by atoms with Gasteiger partial charge in [0.25, 0.3) is 11.7 Å². The van der Waals surface area contributed by atoms with E-state index in [0.29, 0.717) is 14.9 Å². The molecule has 0 saturated heterocycles. The zero-order chi connectivity index (χ0) is 12.3. The lowest BCUT2D eigenvalue weighted by atomic mass is 10.2. The van der Waals surface area contributed by atoms with Gasteiger partial charge in [-0.25, -0.2) is 0 Å². The maximum atomic E-state index is 11.7.